The Balaban J connectivity index is 2.84. The summed E-state index contributed by atoms with van der Waals surface area (Å²) in [6, 6.07) is 8.49. The molecule has 0 fully saturated rings. The Labute approximate surface area is 88.5 Å². The van der Waals surface area contributed by atoms with Gasteiger partial charge in [0.15, 0.2) is 5.78 Å². The second kappa shape index (κ2) is 5.26. The molecule has 1 atom stereocenters. The average Bonchev–Trinajstić information content (AvgIpc) is 2.26. The van der Waals surface area contributed by atoms with Crippen LogP contribution in [0.15, 0.2) is 30.3 Å². The maximum Gasteiger partial charge on any atom is 0.234 e. The van der Waals surface area contributed by atoms with Crippen molar-refractivity contribution in [3.05, 3.63) is 35.9 Å². The maximum atomic E-state index is 11.3. The number of hydrogen-bond acceptors (Lipinski definition) is 3. The van der Waals surface area contributed by atoms with Crippen molar-refractivity contribution in [2.24, 2.45) is 5.73 Å². The molecule has 0 heterocycles. The summed E-state index contributed by atoms with van der Waals surface area (Å²) in [6.07, 6.45) is 0. The Morgan fingerprint density at radius 1 is 1.33 bits per heavy atom. The van der Waals surface area contributed by atoms with Gasteiger partial charge in [-0.05, 0) is 12.5 Å². The highest BCUT2D eigenvalue weighted by molar-refractivity contribution is 5.89. The van der Waals surface area contributed by atoms with Crippen LogP contribution in [0.4, 0.5) is 0 Å². The molecule has 1 aromatic rings. The number of nitrogens with one attached hydrogen (secondary N) is 1. The molecule has 0 saturated heterocycles. The summed E-state index contributed by atoms with van der Waals surface area (Å²) < 4.78 is 0. The van der Waals surface area contributed by atoms with Gasteiger partial charge in [0.05, 0.1) is 6.54 Å². The Morgan fingerprint density at radius 2 is 1.93 bits per heavy atom. The molecular weight excluding hydrogens is 192 g/mol. The number of nitrogens with two attached hydrogens (primary N) is 1. The first-order valence-corrected chi connectivity index (χ1v) is 4.70. The van der Waals surface area contributed by atoms with Crippen molar-refractivity contribution in [1.82, 2.24) is 5.32 Å². The average molecular weight is 206 g/mol. The minimum Gasteiger partial charge on any atom is -0.341 e. The SMILES string of the molecule is CC(=O)[C@@H](NC(=O)CN)c1ccccc1. The van der Waals surface area contributed by atoms with Crippen molar-refractivity contribution in [1.29, 1.82) is 0 Å². The second-order valence-electron chi connectivity index (χ2n) is 3.23. The molecule has 1 amide bonds. The van der Waals surface area contributed by atoms with Gasteiger partial charge in [0.2, 0.25) is 5.91 Å². The first-order chi connectivity index (χ1) is 7.15. The molecule has 0 aliphatic heterocycles. The third-order valence-electron chi connectivity index (χ3n) is 2.03. The number of Topliss-reactive ketones (excluding diaryl/α,β-unsaturated/α-hetero) is 1. The van der Waals surface area contributed by atoms with E-state index in [1.807, 2.05) is 18.2 Å². The van der Waals surface area contributed by atoms with Gasteiger partial charge in [0, 0.05) is 0 Å². The molecule has 0 spiro atoms. The van der Waals surface area contributed by atoms with Crippen molar-refractivity contribution in [2.75, 3.05) is 6.54 Å². The lowest BCUT2D eigenvalue weighted by Gasteiger charge is -2.15. The van der Waals surface area contributed by atoms with Crippen molar-refractivity contribution < 1.29 is 9.59 Å². The molecule has 0 radical (unpaired) electrons. The molecule has 0 unspecified atom stereocenters. The fourth-order valence-corrected chi connectivity index (χ4v) is 1.29. The largest absolute Gasteiger partial charge is 0.341 e. The number of hydrogen-bond donors (Lipinski definition) is 2. The summed E-state index contributed by atoms with van der Waals surface area (Å²) >= 11 is 0. The van der Waals surface area contributed by atoms with Gasteiger partial charge in [-0.2, -0.15) is 0 Å². The highest BCUT2D eigenvalue weighted by Gasteiger charge is 2.17. The van der Waals surface area contributed by atoms with Crippen LogP contribution in [0.5, 0.6) is 0 Å². The molecule has 0 aliphatic rings. The summed E-state index contributed by atoms with van der Waals surface area (Å²) in [7, 11) is 0. The lowest BCUT2D eigenvalue weighted by molar-refractivity contribution is -0.126. The fourth-order valence-electron chi connectivity index (χ4n) is 1.29. The Bertz CT molecular complexity index is 349. The van der Waals surface area contributed by atoms with Gasteiger partial charge in [-0.1, -0.05) is 30.3 Å². The van der Waals surface area contributed by atoms with Crippen LogP contribution in [0.1, 0.15) is 18.5 Å². The molecule has 80 valence electrons. The number of amides is 1. The van der Waals surface area contributed by atoms with E-state index in [-0.39, 0.29) is 18.2 Å². The van der Waals surface area contributed by atoms with Crippen LogP contribution in [0.2, 0.25) is 0 Å². The summed E-state index contributed by atoms with van der Waals surface area (Å²) in [6.45, 7) is 1.32. The van der Waals surface area contributed by atoms with E-state index in [0.29, 0.717) is 0 Å². The van der Waals surface area contributed by atoms with Crippen LogP contribution in [-0.4, -0.2) is 18.2 Å². The van der Waals surface area contributed by atoms with Gasteiger partial charge < -0.3 is 11.1 Å². The van der Waals surface area contributed by atoms with E-state index in [4.69, 9.17) is 5.73 Å². The van der Waals surface area contributed by atoms with Gasteiger partial charge in [0.1, 0.15) is 6.04 Å². The predicted octanol–water partition coefficient (Wildman–Crippen LogP) is 0.392. The van der Waals surface area contributed by atoms with Crippen molar-refractivity contribution in [3.8, 4) is 0 Å². The Kier molecular flexibility index (Phi) is 4.00. The number of rotatable bonds is 4. The summed E-state index contributed by atoms with van der Waals surface area (Å²) in [5, 5.41) is 2.57. The normalized spacial score (nSPS) is 11.9. The minimum absolute atomic E-state index is 0.108. The molecule has 3 N–H and O–H groups in total. The molecule has 1 rings (SSSR count). The van der Waals surface area contributed by atoms with Crippen LogP contribution in [0.3, 0.4) is 0 Å². The zero-order valence-electron chi connectivity index (χ0n) is 8.57. The molecular formula is C11H14N2O2. The highest BCUT2D eigenvalue weighted by atomic mass is 16.2. The molecule has 15 heavy (non-hydrogen) atoms. The predicted molar refractivity (Wildman–Crippen MR) is 57.1 cm³/mol. The molecule has 4 heteroatoms. The van der Waals surface area contributed by atoms with Gasteiger partial charge >= 0.3 is 0 Å². The zero-order chi connectivity index (χ0) is 11.3. The van der Waals surface area contributed by atoms with E-state index in [9.17, 15) is 9.59 Å². The lowest BCUT2D eigenvalue weighted by atomic mass is 10.0. The van der Waals surface area contributed by atoms with Crippen LogP contribution < -0.4 is 11.1 Å². The number of ketones is 1. The summed E-state index contributed by atoms with van der Waals surface area (Å²) in [5.74, 6) is -0.443. The number of benzene rings is 1. The van der Waals surface area contributed by atoms with Gasteiger partial charge in [-0.3, -0.25) is 9.59 Å². The molecule has 0 saturated carbocycles. The fraction of sp³-hybridized carbons (Fsp3) is 0.273. The van der Waals surface area contributed by atoms with E-state index >= 15 is 0 Å². The minimum atomic E-state index is -0.595. The van der Waals surface area contributed by atoms with Crippen LogP contribution in [0, 0.1) is 0 Å². The van der Waals surface area contributed by atoms with E-state index in [1.54, 1.807) is 12.1 Å². The summed E-state index contributed by atoms with van der Waals surface area (Å²) in [5.41, 5.74) is 5.95. The van der Waals surface area contributed by atoms with Gasteiger partial charge in [0.25, 0.3) is 0 Å². The molecule has 1 aromatic carbocycles. The van der Waals surface area contributed by atoms with Gasteiger partial charge in [-0.25, -0.2) is 0 Å². The monoisotopic (exact) mass is 206 g/mol. The standard InChI is InChI=1S/C11H14N2O2/c1-8(14)11(13-10(15)7-12)9-5-3-2-4-6-9/h2-6,11H,7,12H2,1H3,(H,13,15)/t11-/m1/s1. The van der Waals surface area contributed by atoms with Crippen LogP contribution in [0.25, 0.3) is 0 Å². The molecule has 0 aromatic heterocycles. The lowest BCUT2D eigenvalue weighted by Crippen LogP contribution is -2.36. The topological polar surface area (TPSA) is 72.2 Å². The Hall–Kier alpha value is -1.68. The highest BCUT2D eigenvalue weighted by Crippen LogP contribution is 2.12. The van der Waals surface area contributed by atoms with E-state index in [0.717, 1.165) is 5.56 Å². The van der Waals surface area contributed by atoms with Gasteiger partial charge in [-0.15, -0.1) is 0 Å². The first-order valence-electron chi connectivity index (χ1n) is 4.70. The first kappa shape index (κ1) is 11.4. The van der Waals surface area contributed by atoms with E-state index in [2.05, 4.69) is 5.32 Å². The van der Waals surface area contributed by atoms with Crippen LogP contribution in [-0.2, 0) is 9.59 Å². The summed E-state index contributed by atoms with van der Waals surface area (Å²) in [4.78, 5) is 22.5. The zero-order valence-corrected chi connectivity index (χ0v) is 8.57. The molecule has 4 nitrogen and oxygen atoms in total. The number of carbonyl (C=O) groups is 2. The Morgan fingerprint density at radius 3 is 2.40 bits per heavy atom. The van der Waals surface area contributed by atoms with Crippen molar-refractivity contribution in [3.63, 3.8) is 0 Å². The van der Waals surface area contributed by atoms with Crippen molar-refractivity contribution >= 4 is 11.7 Å². The smallest absolute Gasteiger partial charge is 0.234 e. The third kappa shape index (κ3) is 3.18. The molecule has 0 aliphatic carbocycles. The molecule has 0 bridgehead atoms. The van der Waals surface area contributed by atoms with E-state index < -0.39 is 6.04 Å². The van der Waals surface area contributed by atoms with Crippen molar-refractivity contribution in [2.45, 2.75) is 13.0 Å². The maximum absolute atomic E-state index is 11.3. The van der Waals surface area contributed by atoms with E-state index in [1.165, 1.54) is 6.92 Å². The second-order valence-corrected chi connectivity index (χ2v) is 3.23. The number of carbonyl (C=O) groups excluding carboxylic acids is 2. The third-order valence-corrected chi connectivity index (χ3v) is 2.03. The van der Waals surface area contributed by atoms with Crippen LogP contribution >= 0.6 is 0 Å². The quantitative estimate of drug-likeness (QED) is 0.748.